The van der Waals surface area contributed by atoms with E-state index in [-0.39, 0.29) is 6.03 Å². The predicted octanol–water partition coefficient (Wildman–Crippen LogP) is 5.13. The lowest BCUT2D eigenvalue weighted by molar-refractivity contribution is 0.262. The van der Waals surface area contributed by atoms with Gasteiger partial charge in [0.15, 0.2) is 0 Å². The Morgan fingerprint density at radius 3 is 2.48 bits per heavy atom. The Balaban J connectivity index is 1.33. The molecule has 1 heterocycles. The van der Waals surface area contributed by atoms with Crippen LogP contribution in [0.5, 0.6) is 11.5 Å². The molecule has 3 N–H and O–H groups in total. The molecule has 0 unspecified atom stereocenters. The lowest BCUT2D eigenvalue weighted by Crippen LogP contribution is -2.19. The van der Waals surface area contributed by atoms with Crippen LogP contribution >= 0.6 is 0 Å². The van der Waals surface area contributed by atoms with Crippen molar-refractivity contribution < 1.29 is 14.3 Å². The first kappa shape index (κ1) is 22.2. The highest BCUT2D eigenvalue weighted by Crippen LogP contribution is 2.24. The highest BCUT2D eigenvalue weighted by atomic mass is 16.5. The number of carbonyl (C=O) groups is 1. The first-order valence-corrected chi connectivity index (χ1v) is 10.7. The quantitative estimate of drug-likeness (QED) is 0.352. The van der Waals surface area contributed by atoms with E-state index in [1.54, 1.807) is 14.2 Å². The van der Waals surface area contributed by atoms with Crippen LogP contribution in [-0.2, 0) is 20.1 Å². The highest BCUT2D eigenvalue weighted by Gasteiger charge is 2.07. The maximum absolute atomic E-state index is 12.5. The van der Waals surface area contributed by atoms with Crippen LogP contribution in [0.3, 0.4) is 0 Å². The zero-order valence-electron chi connectivity index (χ0n) is 19.0. The van der Waals surface area contributed by atoms with E-state index in [0.29, 0.717) is 13.1 Å². The third-order valence-corrected chi connectivity index (χ3v) is 5.47. The fraction of sp³-hybridized carbons (Fsp3) is 0.192. The smallest absolute Gasteiger partial charge is 0.323 e. The van der Waals surface area contributed by atoms with Gasteiger partial charge in [-0.2, -0.15) is 0 Å². The number of amides is 2. The number of anilines is 2. The van der Waals surface area contributed by atoms with Crippen molar-refractivity contribution in [2.24, 2.45) is 7.05 Å². The van der Waals surface area contributed by atoms with Crippen molar-refractivity contribution in [1.82, 2.24) is 9.88 Å². The number of aryl methyl sites for hydroxylation is 1. The molecule has 0 atom stereocenters. The van der Waals surface area contributed by atoms with Crippen molar-refractivity contribution >= 4 is 28.3 Å². The van der Waals surface area contributed by atoms with Crippen molar-refractivity contribution in [1.29, 1.82) is 0 Å². The van der Waals surface area contributed by atoms with Crippen LogP contribution in [-0.4, -0.2) is 24.8 Å². The molecule has 0 bridgehead atoms. The Bertz CT molecular complexity index is 1270. The van der Waals surface area contributed by atoms with Gasteiger partial charge in [-0.05, 0) is 48.0 Å². The summed E-state index contributed by atoms with van der Waals surface area (Å²) >= 11 is 0. The SMILES string of the molecule is COc1ccc(CNCc2cccc(NC(=O)Nc3ccc4c(ccn4C)c3)c2)c(OC)c1. The number of methoxy groups -OCH3 is 2. The van der Waals surface area contributed by atoms with Crippen LogP contribution in [0.4, 0.5) is 16.2 Å². The van der Waals surface area contributed by atoms with Crippen LogP contribution in [0.1, 0.15) is 11.1 Å². The van der Waals surface area contributed by atoms with E-state index in [1.165, 1.54) is 0 Å². The standard InChI is InChI=1S/C26H28N4O3/c1-30-12-11-19-14-22(8-10-24(19)30)29-26(31)28-21-6-4-5-18(13-21)16-27-17-20-7-9-23(32-2)15-25(20)33-3/h4-15,27H,16-17H2,1-3H3,(H2,28,29,31). The molecule has 7 nitrogen and oxygen atoms in total. The molecule has 0 aliphatic carbocycles. The molecule has 2 amide bonds. The Kier molecular flexibility index (Phi) is 6.80. The minimum Gasteiger partial charge on any atom is -0.497 e. The Hall–Kier alpha value is -3.97. The van der Waals surface area contributed by atoms with E-state index >= 15 is 0 Å². The van der Waals surface area contributed by atoms with E-state index in [1.807, 2.05) is 84.5 Å². The summed E-state index contributed by atoms with van der Waals surface area (Å²) in [7, 11) is 5.28. The molecule has 4 rings (SSSR count). The Morgan fingerprint density at radius 2 is 1.70 bits per heavy atom. The summed E-state index contributed by atoms with van der Waals surface area (Å²) in [5, 5.41) is 10.3. The second kappa shape index (κ2) is 10.1. The fourth-order valence-electron chi connectivity index (χ4n) is 3.75. The molecular formula is C26H28N4O3. The van der Waals surface area contributed by atoms with Crippen molar-refractivity contribution in [3.63, 3.8) is 0 Å². The van der Waals surface area contributed by atoms with Gasteiger partial charge in [-0.25, -0.2) is 4.79 Å². The minimum atomic E-state index is -0.279. The van der Waals surface area contributed by atoms with Crippen LogP contribution < -0.4 is 25.4 Å². The van der Waals surface area contributed by atoms with Crippen molar-refractivity contribution in [3.05, 3.63) is 84.1 Å². The second-order valence-corrected chi connectivity index (χ2v) is 7.76. The van der Waals surface area contributed by atoms with Crippen LogP contribution in [0, 0.1) is 0 Å². The number of nitrogens with zero attached hydrogens (tertiary/aromatic N) is 1. The molecule has 0 radical (unpaired) electrons. The van der Waals surface area contributed by atoms with Gasteiger partial charge in [0.1, 0.15) is 11.5 Å². The van der Waals surface area contributed by atoms with Crippen molar-refractivity contribution in [3.8, 4) is 11.5 Å². The molecule has 0 fully saturated rings. The van der Waals surface area contributed by atoms with E-state index < -0.39 is 0 Å². The first-order valence-electron chi connectivity index (χ1n) is 10.7. The van der Waals surface area contributed by atoms with Crippen LogP contribution in [0.15, 0.2) is 72.9 Å². The van der Waals surface area contributed by atoms with Gasteiger partial charge < -0.3 is 30.0 Å². The molecule has 1 aromatic heterocycles. The van der Waals surface area contributed by atoms with E-state index in [9.17, 15) is 4.79 Å². The summed E-state index contributed by atoms with van der Waals surface area (Å²) in [4.78, 5) is 12.5. The topological polar surface area (TPSA) is 76.5 Å². The normalized spacial score (nSPS) is 10.8. The number of carbonyl (C=O) groups excluding carboxylic acids is 1. The van der Waals surface area contributed by atoms with E-state index in [2.05, 4.69) is 16.0 Å². The Labute approximate surface area is 193 Å². The molecule has 3 aromatic carbocycles. The van der Waals surface area contributed by atoms with Gasteiger partial charge in [0.05, 0.1) is 14.2 Å². The molecule has 0 saturated heterocycles. The third kappa shape index (κ3) is 5.45. The minimum absolute atomic E-state index is 0.279. The summed E-state index contributed by atoms with van der Waals surface area (Å²) in [6.45, 7) is 1.30. The van der Waals surface area contributed by atoms with Gasteiger partial charge in [0, 0.05) is 60.2 Å². The first-order chi connectivity index (χ1) is 16.1. The molecule has 33 heavy (non-hydrogen) atoms. The van der Waals surface area contributed by atoms with Gasteiger partial charge in [0.25, 0.3) is 0 Å². The van der Waals surface area contributed by atoms with Crippen molar-refractivity contribution in [2.75, 3.05) is 24.9 Å². The summed E-state index contributed by atoms with van der Waals surface area (Å²) in [5.74, 6) is 1.54. The van der Waals surface area contributed by atoms with Crippen molar-refractivity contribution in [2.45, 2.75) is 13.1 Å². The molecule has 0 aliphatic rings. The zero-order chi connectivity index (χ0) is 23.2. The van der Waals surface area contributed by atoms with E-state index in [4.69, 9.17) is 9.47 Å². The van der Waals surface area contributed by atoms with Crippen LogP contribution in [0.2, 0.25) is 0 Å². The van der Waals surface area contributed by atoms with E-state index in [0.717, 1.165) is 44.9 Å². The molecular weight excluding hydrogens is 416 g/mol. The molecule has 170 valence electrons. The number of aromatic nitrogens is 1. The molecule has 0 spiro atoms. The number of ether oxygens (including phenoxy) is 2. The third-order valence-electron chi connectivity index (χ3n) is 5.47. The summed E-state index contributed by atoms with van der Waals surface area (Å²) in [5.41, 5.74) is 4.70. The fourth-order valence-corrected chi connectivity index (χ4v) is 3.75. The molecule has 4 aromatic rings. The summed E-state index contributed by atoms with van der Waals surface area (Å²) in [6.07, 6.45) is 2.00. The number of rotatable bonds is 8. The lowest BCUT2D eigenvalue weighted by Gasteiger charge is -2.12. The Morgan fingerprint density at radius 1 is 0.879 bits per heavy atom. The second-order valence-electron chi connectivity index (χ2n) is 7.76. The van der Waals surface area contributed by atoms with Gasteiger partial charge in [-0.3, -0.25) is 0 Å². The number of hydrogen-bond donors (Lipinski definition) is 3. The molecule has 0 saturated carbocycles. The average molecular weight is 445 g/mol. The van der Waals surface area contributed by atoms with Gasteiger partial charge >= 0.3 is 6.03 Å². The van der Waals surface area contributed by atoms with Gasteiger partial charge in [0.2, 0.25) is 0 Å². The zero-order valence-corrected chi connectivity index (χ0v) is 19.0. The molecule has 7 heteroatoms. The monoisotopic (exact) mass is 444 g/mol. The number of benzene rings is 3. The number of nitrogens with one attached hydrogen (secondary N) is 3. The summed E-state index contributed by atoms with van der Waals surface area (Å²) in [6, 6.07) is 21.1. The summed E-state index contributed by atoms with van der Waals surface area (Å²) < 4.78 is 12.7. The predicted molar refractivity (Wildman–Crippen MR) is 132 cm³/mol. The average Bonchev–Trinajstić information content (AvgIpc) is 3.19. The lowest BCUT2D eigenvalue weighted by atomic mass is 10.1. The highest BCUT2D eigenvalue weighted by molar-refractivity contribution is 6.01. The van der Waals surface area contributed by atoms with Gasteiger partial charge in [-0.1, -0.05) is 18.2 Å². The number of hydrogen-bond acceptors (Lipinski definition) is 4. The molecule has 0 aliphatic heterocycles. The van der Waals surface area contributed by atoms with Crippen LogP contribution in [0.25, 0.3) is 10.9 Å². The maximum atomic E-state index is 12.5. The maximum Gasteiger partial charge on any atom is 0.323 e. The van der Waals surface area contributed by atoms with Gasteiger partial charge in [-0.15, -0.1) is 0 Å². The number of fused-ring (bicyclic) bond motifs is 1. The number of urea groups is 1. The largest absolute Gasteiger partial charge is 0.497 e.